The van der Waals surface area contributed by atoms with Gasteiger partial charge < -0.3 is 10.6 Å². The second-order valence-electron chi connectivity index (χ2n) is 7.45. The van der Waals surface area contributed by atoms with Crippen LogP contribution in [-0.2, 0) is 16.6 Å². The SMILES string of the molecule is CCN1CCC(S(=O)(=O)N(Cc2ccc(C(=O)CN)cc2F)c2ccccc2)CC1. The quantitative estimate of drug-likeness (QED) is 0.647. The first-order valence-corrected chi connectivity index (χ1v) is 11.7. The van der Waals surface area contributed by atoms with Crippen LogP contribution < -0.4 is 10.0 Å². The van der Waals surface area contributed by atoms with Crippen LogP contribution >= 0.6 is 0 Å². The summed E-state index contributed by atoms with van der Waals surface area (Å²) in [6, 6.07) is 12.8. The summed E-state index contributed by atoms with van der Waals surface area (Å²) in [6.07, 6.45) is 1.10. The number of piperidine rings is 1. The van der Waals surface area contributed by atoms with E-state index in [1.807, 2.05) is 6.07 Å². The second-order valence-corrected chi connectivity index (χ2v) is 9.59. The number of hydrogen-bond acceptors (Lipinski definition) is 5. The zero-order valence-electron chi connectivity index (χ0n) is 17.1. The van der Waals surface area contributed by atoms with E-state index in [0.29, 0.717) is 18.5 Å². The molecule has 0 unspecified atom stereocenters. The van der Waals surface area contributed by atoms with E-state index in [0.717, 1.165) is 25.7 Å². The van der Waals surface area contributed by atoms with Crippen LogP contribution in [0.5, 0.6) is 0 Å². The van der Waals surface area contributed by atoms with E-state index in [1.54, 1.807) is 24.3 Å². The third-order valence-electron chi connectivity index (χ3n) is 5.63. The molecular weight excluding hydrogens is 405 g/mol. The smallest absolute Gasteiger partial charge is 0.238 e. The standard InChI is InChI=1S/C22H28FN3O3S/c1-2-25-12-10-20(11-13-25)30(28,29)26(19-6-4-3-5-7-19)16-18-9-8-17(14-21(18)23)22(27)15-24/h3-9,14,20H,2,10-13,15-16,24H2,1H3. The number of sulfonamides is 1. The van der Waals surface area contributed by atoms with E-state index >= 15 is 0 Å². The van der Waals surface area contributed by atoms with Gasteiger partial charge in [0.15, 0.2) is 5.78 Å². The number of benzene rings is 2. The molecule has 8 heteroatoms. The van der Waals surface area contributed by atoms with Crippen molar-refractivity contribution in [2.45, 2.75) is 31.6 Å². The van der Waals surface area contributed by atoms with E-state index in [2.05, 4.69) is 11.8 Å². The van der Waals surface area contributed by atoms with E-state index in [-0.39, 0.29) is 30.0 Å². The fraction of sp³-hybridized carbons (Fsp3) is 0.409. The van der Waals surface area contributed by atoms with Crippen LogP contribution in [0, 0.1) is 5.82 Å². The van der Waals surface area contributed by atoms with E-state index in [4.69, 9.17) is 5.73 Å². The molecule has 1 fully saturated rings. The minimum Gasteiger partial charge on any atom is -0.324 e. The molecule has 1 heterocycles. The summed E-state index contributed by atoms with van der Waals surface area (Å²) in [7, 11) is -3.70. The Bertz CT molecular complexity index is 974. The second kappa shape index (κ2) is 9.68. The number of para-hydroxylation sites is 1. The van der Waals surface area contributed by atoms with Gasteiger partial charge in [-0.25, -0.2) is 12.8 Å². The Labute approximate surface area is 177 Å². The van der Waals surface area contributed by atoms with Gasteiger partial charge in [-0.1, -0.05) is 37.3 Å². The van der Waals surface area contributed by atoms with Gasteiger partial charge in [0.2, 0.25) is 10.0 Å². The van der Waals surface area contributed by atoms with Crippen molar-refractivity contribution in [1.29, 1.82) is 0 Å². The van der Waals surface area contributed by atoms with Gasteiger partial charge in [-0.2, -0.15) is 0 Å². The van der Waals surface area contributed by atoms with Crippen molar-refractivity contribution < 1.29 is 17.6 Å². The molecule has 0 aromatic heterocycles. The average molecular weight is 434 g/mol. The molecule has 2 aromatic rings. The van der Waals surface area contributed by atoms with Crippen LogP contribution in [-0.4, -0.2) is 50.5 Å². The molecule has 1 aliphatic heterocycles. The average Bonchev–Trinajstić information content (AvgIpc) is 2.78. The zero-order valence-corrected chi connectivity index (χ0v) is 17.9. The lowest BCUT2D eigenvalue weighted by molar-refractivity contribution is 0.100. The number of nitrogens with zero attached hydrogens (tertiary/aromatic N) is 2. The molecule has 0 amide bonds. The predicted molar refractivity (Wildman–Crippen MR) is 116 cm³/mol. The number of likely N-dealkylation sites (tertiary alicyclic amines) is 1. The molecule has 1 aliphatic rings. The number of Topliss-reactive ketones (excluding diaryl/α,β-unsaturated/α-hetero) is 1. The number of carbonyl (C=O) groups is 1. The van der Waals surface area contributed by atoms with E-state index < -0.39 is 21.1 Å². The van der Waals surface area contributed by atoms with Crippen LogP contribution in [0.25, 0.3) is 0 Å². The van der Waals surface area contributed by atoms with Crippen molar-refractivity contribution in [3.63, 3.8) is 0 Å². The van der Waals surface area contributed by atoms with Crippen LogP contribution in [0.3, 0.4) is 0 Å². The number of rotatable bonds is 8. The van der Waals surface area contributed by atoms with E-state index in [9.17, 15) is 17.6 Å². The number of anilines is 1. The number of ketones is 1. The highest BCUT2D eigenvalue weighted by atomic mass is 32.2. The molecule has 30 heavy (non-hydrogen) atoms. The first kappa shape index (κ1) is 22.4. The lowest BCUT2D eigenvalue weighted by Crippen LogP contribution is -2.45. The maximum absolute atomic E-state index is 14.7. The summed E-state index contributed by atoms with van der Waals surface area (Å²) < 4.78 is 43.1. The summed E-state index contributed by atoms with van der Waals surface area (Å²) in [5.74, 6) is -0.984. The Kier molecular flexibility index (Phi) is 7.23. The Balaban J connectivity index is 1.92. The van der Waals surface area contributed by atoms with Crippen molar-refractivity contribution >= 4 is 21.5 Å². The van der Waals surface area contributed by atoms with Crippen LogP contribution in [0.1, 0.15) is 35.7 Å². The number of hydrogen-bond donors (Lipinski definition) is 1. The molecule has 0 saturated carbocycles. The van der Waals surface area contributed by atoms with Gasteiger partial charge >= 0.3 is 0 Å². The van der Waals surface area contributed by atoms with Gasteiger partial charge in [0.25, 0.3) is 0 Å². The predicted octanol–water partition coefficient (Wildman–Crippen LogP) is 2.79. The van der Waals surface area contributed by atoms with Gasteiger partial charge in [0, 0.05) is 11.1 Å². The highest BCUT2D eigenvalue weighted by Crippen LogP contribution is 2.28. The van der Waals surface area contributed by atoms with Crippen molar-refractivity contribution in [2.75, 3.05) is 30.5 Å². The van der Waals surface area contributed by atoms with E-state index in [1.165, 1.54) is 16.4 Å². The van der Waals surface area contributed by atoms with Gasteiger partial charge in [-0.3, -0.25) is 9.10 Å². The van der Waals surface area contributed by atoms with Gasteiger partial charge in [-0.15, -0.1) is 0 Å². The number of halogens is 1. The Hall–Kier alpha value is -2.29. The lowest BCUT2D eigenvalue weighted by Gasteiger charge is -2.35. The molecule has 1 saturated heterocycles. The van der Waals surface area contributed by atoms with Crippen molar-refractivity contribution in [3.05, 3.63) is 65.5 Å². The molecule has 0 radical (unpaired) electrons. The highest BCUT2D eigenvalue weighted by Gasteiger charge is 2.35. The Morgan fingerprint density at radius 3 is 2.40 bits per heavy atom. The molecule has 162 valence electrons. The van der Waals surface area contributed by atoms with Gasteiger partial charge in [0.05, 0.1) is 24.0 Å². The fourth-order valence-electron chi connectivity index (χ4n) is 3.75. The summed E-state index contributed by atoms with van der Waals surface area (Å²) in [6.45, 7) is 4.07. The number of nitrogens with two attached hydrogens (primary N) is 1. The molecule has 6 nitrogen and oxygen atoms in total. The molecule has 2 N–H and O–H groups in total. The largest absolute Gasteiger partial charge is 0.324 e. The van der Waals surface area contributed by atoms with Gasteiger partial charge in [0.1, 0.15) is 5.82 Å². The van der Waals surface area contributed by atoms with Gasteiger partial charge in [-0.05, 0) is 50.7 Å². The minimum absolute atomic E-state index is 0.136. The summed E-state index contributed by atoms with van der Waals surface area (Å²) >= 11 is 0. The first-order chi connectivity index (χ1) is 14.4. The van der Waals surface area contributed by atoms with Crippen LogP contribution in [0.15, 0.2) is 48.5 Å². The van der Waals surface area contributed by atoms with Crippen molar-refractivity contribution in [3.8, 4) is 0 Å². The topological polar surface area (TPSA) is 83.7 Å². The summed E-state index contributed by atoms with van der Waals surface area (Å²) in [5, 5.41) is -0.512. The maximum Gasteiger partial charge on any atom is 0.238 e. The molecule has 0 aliphatic carbocycles. The molecule has 0 bridgehead atoms. The molecular formula is C22H28FN3O3S. The Morgan fingerprint density at radius 2 is 1.83 bits per heavy atom. The third-order valence-corrected chi connectivity index (χ3v) is 7.90. The lowest BCUT2D eigenvalue weighted by atomic mass is 10.1. The molecule has 0 atom stereocenters. The minimum atomic E-state index is -3.70. The zero-order chi connectivity index (χ0) is 21.7. The maximum atomic E-state index is 14.7. The molecule has 2 aromatic carbocycles. The Morgan fingerprint density at radius 1 is 1.17 bits per heavy atom. The van der Waals surface area contributed by atoms with Crippen LogP contribution in [0.2, 0.25) is 0 Å². The summed E-state index contributed by atoms with van der Waals surface area (Å²) in [5.41, 5.74) is 6.23. The normalized spacial score (nSPS) is 15.8. The monoisotopic (exact) mass is 433 g/mol. The molecule has 0 spiro atoms. The van der Waals surface area contributed by atoms with Crippen molar-refractivity contribution in [1.82, 2.24) is 4.90 Å². The first-order valence-electron chi connectivity index (χ1n) is 10.2. The highest BCUT2D eigenvalue weighted by molar-refractivity contribution is 7.93. The fourth-order valence-corrected chi connectivity index (χ4v) is 5.65. The molecule has 3 rings (SSSR count). The van der Waals surface area contributed by atoms with Crippen molar-refractivity contribution in [2.24, 2.45) is 5.73 Å². The van der Waals surface area contributed by atoms with Crippen LogP contribution in [0.4, 0.5) is 10.1 Å². The third kappa shape index (κ3) is 4.88. The summed E-state index contributed by atoms with van der Waals surface area (Å²) in [4.78, 5) is 14.0. The number of carbonyl (C=O) groups excluding carboxylic acids is 1.